The third kappa shape index (κ3) is 9.33. The lowest BCUT2D eigenvalue weighted by atomic mass is 10.1. The largest absolute Gasteiger partial charge is 0.480 e. The van der Waals surface area contributed by atoms with Gasteiger partial charge in [-0.25, -0.2) is 16.8 Å². The van der Waals surface area contributed by atoms with Crippen LogP contribution in [-0.2, 0) is 29.5 Å². The van der Waals surface area contributed by atoms with Gasteiger partial charge in [0.25, 0.3) is 0 Å². The van der Waals surface area contributed by atoms with Gasteiger partial charge in [0.15, 0.2) is 20.0 Å². The Morgan fingerprint density at radius 1 is 0.759 bits per heavy atom. The summed E-state index contributed by atoms with van der Waals surface area (Å²) in [5.74, 6) is 0. The first-order chi connectivity index (χ1) is 13.0. The molecule has 1 heterocycles. The van der Waals surface area contributed by atoms with Crippen LogP contribution in [0.15, 0.2) is 0 Å². The van der Waals surface area contributed by atoms with Gasteiger partial charge in [0.2, 0.25) is 0 Å². The van der Waals surface area contributed by atoms with Crippen LogP contribution in [0.2, 0.25) is 0 Å². The smallest absolute Gasteiger partial charge is 0.421 e. The molecule has 0 aromatic heterocycles. The number of alkyl halides is 6. The SMILES string of the molecule is COCC[N+]1(CCOC)CCCCC1.O=S(=O)([N-]S(=O)(=O)C(F)(F)F)C(F)(F)F. The Hall–Kier alpha value is -0.680. The summed E-state index contributed by atoms with van der Waals surface area (Å²) in [6, 6.07) is 0. The molecule has 1 aliphatic rings. The molecule has 0 spiro atoms. The Labute approximate surface area is 165 Å². The van der Waals surface area contributed by atoms with Crippen LogP contribution in [0, 0.1) is 0 Å². The van der Waals surface area contributed by atoms with Gasteiger partial charge < -0.3 is 18.1 Å². The van der Waals surface area contributed by atoms with Crippen LogP contribution in [0.3, 0.4) is 0 Å². The van der Waals surface area contributed by atoms with Crippen molar-refractivity contribution >= 4 is 20.0 Å². The molecular weight excluding hydrogens is 458 g/mol. The number of sulfonamides is 2. The van der Waals surface area contributed by atoms with Gasteiger partial charge in [-0.15, -0.1) is 0 Å². The van der Waals surface area contributed by atoms with E-state index in [2.05, 4.69) is 0 Å². The van der Waals surface area contributed by atoms with E-state index < -0.39 is 31.1 Å². The first-order valence-corrected chi connectivity index (χ1v) is 11.1. The molecule has 0 unspecified atom stereocenters. The summed E-state index contributed by atoms with van der Waals surface area (Å²) < 4.78 is 121. The van der Waals surface area contributed by atoms with E-state index in [1.807, 2.05) is 0 Å². The molecule has 8 nitrogen and oxygen atoms in total. The molecule has 0 atom stereocenters. The van der Waals surface area contributed by atoms with Crippen LogP contribution < -0.4 is 0 Å². The fourth-order valence-corrected chi connectivity index (χ4v) is 4.24. The van der Waals surface area contributed by atoms with E-state index in [1.54, 1.807) is 14.2 Å². The second-order valence-corrected chi connectivity index (χ2v) is 9.62. The van der Waals surface area contributed by atoms with E-state index in [0.29, 0.717) is 0 Å². The average Bonchev–Trinajstić information content (AvgIpc) is 2.57. The molecule has 0 bridgehead atoms. The van der Waals surface area contributed by atoms with Gasteiger partial charge in [0, 0.05) is 14.2 Å². The Bertz CT molecular complexity index is 636. The number of halogens is 6. The van der Waals surface area contributed by atoms with Gasteiger partial charge in [-0.2, -0.15) is 26.3 Å². The molecule has 0 amide bonds. The van der Waals surface area contributed by atoms with E-state index in [1.165, 1.54) is 36.8 Å². The molecule has 29 heavy (non-hydrogen) atoms. The monoisotopic (exact) mass is 482 g/mol. The van der Waals surface area contributed by atoms with Crippen molar-refractivity contribution in [1.29, 1.82) is 0 Å². The van der Waals surface area contributed by atoms with Crippen molar-refractivity contribution in [2.24, 2.45) is 0 Å². The van der Waals surface area contributed by atoms with Crippen molar-refractivity contribution in [2.75, 3.05) is 53.6 Å². The number of methoxy groups -OCH3 is 2. The Morgan fingerprint density at radius 3 is 1.38 bits per heavy atom. The summed E-state index contributed by atoms with van der Waals surface area (Å²) in [7, 11) is -9.87. The van der Waals surface area contributed by atoms with E-state index in [4.69, 9.17) is 9.47 Å². The highest BCUT2D eigenvalue weighted by Crippen LogP contribution is 2.36. The minimum atomic E-state index is -6.72. The molecular formula is C13H24F6N2O6S2. The molecule has 1 saturated heterocycles. The standard InChI is InChI=1S/C11H24NO2.C2F6NO4S2/c1-13-10-8-12(9-11-14-2)6-4-3-5-7-12;3-1(4,5)14(10,11)9-15(12,13)2(6,7)8/h3-11H2,1-2H3;/q+1;-1. The molecule has 0 aromatic rings. The van der Waals surface area contributed by atoms with Crippen molar-refractivity contribution in [3.05, 3.63) is 4.13 Å². The number of hydrogen-bond acceptors (Lipinski definition) is 6. The number of ether oxygens (including phenoxy) is 2. The van der Waals surface area contributed by atoms with Crippen LogP contribution in [-0.4, -0.2) is 85.9 Å². The Morgan fingerprint density at radius 2 is 1.10 bits per heavy atom. The van der Waals surface area contributed by atoms with Gasteiger partial charge in [-0.05, 0) is 19.3 Å². The van der Waals surface area contributed by atoms with E-state index in [-0.39, 0.29) is 0 Å². The number of hydrogen-bond donors (Lipinski definition) is 0. The van der Waals surface area contributed by atoms with Crippen molar-refractivity contribution in [3.63, 3.8) is 0 Å². The summed E-state index contributed by atoms with van der Waals surface area (Å²) in [5.41, 5.74) is -12.4. The minimum Gasteiger partial charge on any atom is -0.421 e. The highest BCUT2D eigenvalue weighted by Gasteiger charge is 2.46. The molecule has 1 aliphatic heterocycles. The number of quaternary nitrogens is 1. The summed E-state index contributed by atoms with van der Waals surface area (Å²) in [6.07, 6.45) is 4.14. The van der Waals surface area contributed by atoms with Crippen molar-refractivity contribution < 1.29 is 57.1 Å². The van der Waals surface area contributed by atoms with Crippen molar-refractivity contribution in [3.8, 4) is 0 Å². The van der Waals surface area contributed by atoms with Crippen molar-refractivity contribution in [2.45, 2.75) is 30.3 Å². The van der Waals surface area contributed by atoms with E-state index in [0.717, 1.165) is 30.4 Å². The molecule has 0 aromatic carbocycles. The molecule has 0 radical (unpaired) electrons. The summed E-state index contributed by atoms with van der Waals surface area (Å²) in [6.45, 7) is 6.69. The lowest BCUT2D eigenvalue weighted by Gasteiger charge is -2.41. The van der Waals surface area contributed by atoms with Gasteiger partial charge in [0.1, 0.15) is 13.1 Å². The zero-order valence-corrected chi connectivity index (χ0v) is 17.4. The maximum Gasteiger partial charge on any atom is 0.480 e. The Balaban J connectivity index is 0.000000541. The van der Waals surface area contributed by atoms with Gasteiger partial charge in [0.05, 0.1) is 26.3 Å². The highest BCUT2D eigenvalue weighted by atomic mass is 32.3. The van der Waals surface area contributed by atoms with Crippen molar-refractivity contribution in [1.82, 2.24) is 0 Å². The van der Waals surface area contributed by atoms with Crippen LogP contribution in [0.25, 0.3) is 4.13 Å². The average molecular weight is 482 g/mol. The lowest BCUT2D eigenvalue weighted by molar-refractivity contribution is -0.933. The topological polar surface area (TPSA) is 101 Å². The molecule has 1 fully saturated rings. The number of piperidine rings is 1. The maximum atomic E-state index is 11.4. The minimum absolute atomic E-state index is 0.778. The fraction of sp³-hybridized carbons (Fsp3) is 1.00. The van der Waals surface area contributed by atoms with E-state index >= 15 is 0 Å². The first kappa shape index (κ1) is 28.3. The zero-order valence-electron chi connectivity index (χ0n) is 15.8. The molecule has 0 aliphatic carbocycles. The first-order valence-electron chi connectivity index (χ1n) is 8.23. The van der Waals surface area contributed by atoms with Gasteiger partial charge >= 0.3 is 11.0 Å². The fourth-order valence-electron chi connectivity index (χ4n) is 2.53. The second kappa shape index (κ2) is 11.1. The summed E-state index contributed by atoms with van der Waals surface area (Å²) in [5, 5.41) is 0. The lowest BCUT2D eigenvalue weighted by Crippen LogP contribution is -2.54. The van der Waals surface area contributed by atoms with Crippen LogP contribution in [0.4, 0.5) is 26.3 Å². The van der Waals surface area contributed by atoms with Gasteiger partial charge in [-0.1, -0.05) is 0 Å². The number of likely N-dealkylation sites (tertiary alicyclic amines) is 1. The zero-order chi connectivity index (χ0) is 23.0. The molecule has 16 heteroatoms. The molecule has 176 valence electrons. The molecule has 0 saturated carbocycles. The second-order valence-electron chi connectivity index (χ2n) is 6.20. The third-order valence-electron chi connectivity index (χ3n) is 4.09. The number of rotatable bonds is 8. The summed E-state index contributed by atoms with van der Waals surface area (Å²) in [4.78, 5) is 0. The van der Waals surface area contributed by atoms with E-state index in [9.17, 15) is 43.2 Å². The highest BCUT2D eigenvalue weighted by molar-refractivity contribution is 8.13. The summed E-state index contributed by atoms with van der Waals surface area (Å²) >= 11 is 0. The third-order valence-corrected chi connectivity index (χ3v) is 6.83. The predicted octanol–water partition coefficient (Wildman–Crippen LogP) is 2.34. The van der Waals surface area contributed by atoms with Crippen LogP contribution in [0.1, 0.15) is 19.3 Å². The number of nitrogens with zero attached hydrogens (tertiary/aromatic N) is 2. The van der Waals surface area contributed by atoms with Gasteiger partial charge in [-0.3, -0.25) is 0 Å². The molecule has 0 N–H and O–H groups in total. The quantitative estimate of drug-likeness (QED) is 0.389. The predicted molar refractivity (Wildman–Crippen MR) is 90.6 cm³/mol. The maximum absolute atomic E-state index is 11.4. The van der Waals surface area contributed by atoms with Crippen LogP contribution >= 0.6 is 0 Å². The Kier molecular flexibility index (Phi) is 10.8. The normalized spacial score (nSPS) is 18.1. The molecule has 1 rings (SSSR count). The van der Waals surface area contributed by atoms with Crippen LogP contribution in [0.5, 0.6) is 0 Å².